The highest BCUT2D eigenvalue weighted by molar-refractivity contribution is 5.27. The van der Waals surface area contributed by atoms with Crippen molar-refractivity contribution in [3.8, 4) is 5.88 Å². The van der Waals surface area contributed by atoms with Gasteiger partial charge in [0.05, 0.1) is 13.2 Å². The first kappa shape index (κ1) is 13.3. The molecule has 0 fully saturated rings. The maximum atomic E-state index is 5.45. The van der Waals surface area contributed by atoms with Gasteiger partial charge in [-0.1, -0.05) is 6.92 Å². The maximum Gasteiger partial charge on any atom is 0.226 e. The maximum absolute atomic E-state index is 5.45. The molecule has 0 aliphatic heterocycles. The summed E-state index contributed by atoms with van der Waals surface area (Å²) < 4.78 is 7.42. The quantitative estimate of drug-likeness (QED) is 0.814. The SMILES string of the molecule is CCCOc1ccnc(NCc2nncn2CC)n1. The number of rotatable bonds is 7. The van der Waals surface area contributed by atoms with E-state index in [0.717, 1.165) is 18.8 Å². The summed E-state index contributed by atoms with van der Waals surface area (Å²) in [7, 11) is 0. The van der Waals surface area contributed by atoms with Gasteiger partial charge in [-0.3, -0.25) is 0 Å². The third-order valence-corrected chi connectivity index (χ3v) is 2.53. The predicted molar refractivity (Wildman–Crippen MR) is 70.8 cm³/mol. The molecule has 0 bridgehead atoms. The number of nitrogens with one attached hydrogen (secondary N) is 1. The highest BCUT2D eigenvalue weighted by Gasteiger charge is 2.04. The molecule has 0 radical (unpaired) electrons. The minimum Gasteiger partial charge on any atom is -0.478 e. The van der Waals surface area contributed by atoms with Crippen LogP contribution < -0.4 is 10.1 Å². The Morgan fingerprint density at radius 1 is 1.37 bits per heavy atom. The van der Waals surface area contributed by atoms with Crippen LogP contribution >= 0.6 is 0 Å². The van der Waals surface area contributed by atoms with E-state index < -0.39 is 0 Å². The Morgan fingerprint density at radius 3 is 3.05 bits per heavy atom. The lowest BCUT2D eigenvalue weighted by Gasteiger charge is -2.07. The fourth-order valence-electron chi connectivity index (χ4n) is 1.55. The summed E-state index contributed by atoms with van der Waals surface area (Å²) in [4.78, 5) is 8.41. The van der Waals surface area contributed by atoms with Crippen LogP contribution in [-0.2, 0) is 13.1 Å². The van der Waals surface area contributed by atoms with Gasteiger partial charge in [-0.2, -0.15) is 4.98 Å². The molecule has 7 heteroatoms. The van der Waals surface area contributed by atoms with Crippen molar-refractivity contribution in [3.05, 3.63) is 24.4 Å². The summed E-state index contributed by atoms with van der Waals surface area (Å²) in [5, 5.41) is 11.0. The minimum atomic E-state index is 0.527. The predicted octanol–water partition coefficient (Wildman–Crippen LogP) is 1.49. The van der Waals surface area contributed by atoms with Crippen LogP contribution in [0.15, 0.2) is 18.6 Å². The topological polar surface area (TPSA) is 77.8 Å². The van der Waals surface area contributed by atoms with E-state index in [9.17, 15) is 0 Å². The second kappa shape index (κ2) is 6.67. The van der Waals surface area contributed by atoms with Crippen LogP contribution in [0.2, 0.25) is 0 Å². The number of hydrogen-bond acceptors (Lipinski definition) is 6. The van der Waals surface area contributed by atoms with Gasteiger partial charge in [-0.25, -0.2) is 4.98 Å². The number of nitrogens with zero attached hydrogens (tertiary/aromatic N) is 5. The van der Waals surface area contributed by atoms with Gasteiger partial charge in [0.15, 0.2) is 5.82 Å². The molecule has 0 aliphatic carbocycles. The molecule has 2 heterocycles. The third-order valence-electron chi connectivity index (χ3n) is 2.53. The number of hydrogen-bond donors (Lipinski definition) is 1. The lowest BCUT2D eigenvalue weighted by molar-refractivity contribution is 0.305. The first-order chi connectivity index (χ1) is 9.33. The summed E-state index contributed by atoms with van der Waals surface area (Å²) in [6, 6.07) is 1.75. The lowest BCUT2D eigenvalue weighted by Crippen LogP contribution is -2.10. The van der Waals surface area contributed by atoms with Gasteiger partial charge in [-0.15, -0.1) is 10.2 Å². The standard InChI is InChI=1S/C12H18N6O/c1-3-7-19-11-5-6-13-12(16-11)14-8-10-17-15-9-18(10)4-2/h5-6,9H,3-4,7-8H2,1-2H3,(H,13,14,16). The molecular weight excluding hydrogens is 244 g/mol. The Hall–Kier alpha value is -2.18. The zero-order valence-electron chi connectivity index (χ0n) is 11.2. The third kappa shape index (κ3) is 3.64. The molecule has 2 aromatic rings. The zero-order valence-corrected chi connectivity index (χ0v) is 11.2. The van der Waals surface area contributed by atoms with E-state index in [-0.39, 0.29) is 0 Å². The number of aromatic nitrogens is 5. The van der Waals surface area contributed by atoms with E-state index in [4.69, 9.17) is 4.74 Å². The van der Waals surface area contributed by atoms with E-state index in [0.29, 0.717) is 25.0 Å². The van der Waals surface area contributed by atoms with Crippen LogP contribution in [-0.4, -0.2) is 31.3 Å². The van der Waals surface area contributed by atoms with Gasteiger partial charge >= 0.3 is 0 Å². The van der Waals surface area contributed by atoms with Crippen molar-refractivity contribution in [3.63, 3.8) is 0 Å². The molecular formula is C12H18N6O. The Morgan fingerprint density at radius 2 is 2.26 bits per heavy atom. The molecule has 0 amide bonds. The molecule has 7 nitrogen and oxygen atoms in total. The van der Waals surface area contributed by atoms with Crippen molar-refractivity contribution in [1.82, 2.24) is 24.7 Å². The van der Waals surface area contributed by atoms with Gasteiger partial charge in [0, 0.05) is 18.8 Å². The van der Waals surface area contributed by atoms with E-state index in [1.54, 1.807) is 18.6 Å². The van der Waals surface area contributed by atoms with Gasteiger partial charge in [0.2, 0.25) is 11.8 Å². The highest BCUT2D eigenvalue weighted by Crippen LogP contribution is 2.09. The molecule has 0 spiro atoms. The van der Waals surface area contributed by atoms with E-state index in [2.05, 4.69) is 32.4 Å². The Labute approximate surface area is 112 Å². The van der Waals surface area contributed by atoms with Crippen LogP contribution in [0.5, 0.6) is 5.88 Å². The fourth-order valence-corrected chi connectivity index (χ4v) is 1.55. The average Bonchev–Trinajstić information content (AvgIpc) is 2.91. The molecule has 2 rings (SSSR count). The molecule has 1 N–H and O–H groups in total. The van der Waals surface area contributed by atoms with Crippen LogP contribution in [0.25, 0.3) is 0 Å². The number of ether oxygens (including phenoxy) is 1. The van der Waals surface area contributed by atoms with Gasteiger partial charge in [-0.05, 0) is 13.3 Å². The van der Waals surface area contributed by atoms with E-state index in [1.165, 1.54) is 0 Å². The molecule has 0 saturated heterocycles. The van der Waals surface area contributed by atoms with E-state index in [1.807, 2.05) is 11.5 Å². The fraction of sp³-hybridized carbons (Fsp3) is 0.500. The summed E-state index contributed by atoms with van der Waals surface area (Å²) in [6.45, 7) is 6.12. The first-order valence-corrected chi connectivity index (χ1v) is 6.39. The number of aryl methyl sites for hydroxylation is 1. The second-order valence-electron chi connectivity index (χ2n) is 3.95. The number of anilines is 1. The van der Waals surface area contributed by atoms with Gasteiger partial charge in [0.1, 0.15) is 6.33 Å². The molecule has 0 atom stereocenters. The van der Waals surface area contributed by atoms with Gasteiger partial charge < -0.3 is 14.6 Å². The summed E-state index contributed by atoms with van der Waals surface area (Å²) >= 11 is 0. The summed E-state index contributed by atoms with van der Waals surface area (Å²) in [6.07, 6.45) is 4.33. The molecule has 0 aromatic carbocycles. The summed E-state index contributed by atoms with van der Waals surface area (Å²) in [5.74, 6) is 1.96. The van der Waals surface area contributed by atoms with E-state index >= 15 is 0 Å². The molecule has 2 aromatic heterocycles. The van der Waals surface area contributed by atoms with Crippen LogP contribution in [0.1, 0.15) is 26.1 Å². The molecule has 0 saturated carbocycles. The molecule has 102 valence electrons. The Balaban J connectivity index is 1.95. The first-order valence-electron chi connectivity index (χ1n) is 6.39. The Bertz CT molecular complexity index is 512. The van der Waals surface area contributed by atoms with Crippen molar-refractivity contribution in [1.29, 1.82) is 0 Å². The van der Waals surface area contributed by atoms with Crippen LogP contribution in [0.4, 0.5) is 5.95 Å². The average molecular weight is 262 g/mol. The highest BCUT2D eigenvalue weighted by atomic mass is 16.5. The van der Waals surface area contributed by atoms with Crippen LogP contribution in [0, 0.1) is 0 Å². The normalized spacial score (nSPS) is 10.4. The monoisotopic (exact) mass is 262 g/mol. The molecule has 19 heavy (non-hydrogen) atoms. The van der Waals surface area contributed by atoms with Crippen LogP contribution in [0.3, 0.4) is 0 Å². The van der Waals surface area contributed by atoms with Crippen molar-refractivity contribution in [2.75, 3.05) is 11.9 Å². The second-order valence-corrected chi connectivity index (χ2v) is 3.95. The largest absolute Gasteiger partial charge is 0.478 e. The molecule has 0 unspecified atom stereocenters. The van der Waals surface area contributed by atoms with Gasteiger partial charge in [0.25, 0.3) is 0 Å². The molecule has 0 aliphatic rings. The zero-order chi connectivity index (χ0) is 13.5. The minimum absolute atomic E-state index is 0.527. The van der Waals surface area contributed by atoms with Crippen molar-refractivity contribution < 1.29 is 4.74 Å². The van der Waals surface area contributed by atoms with Crippen molar-refractivity contribution in [2.24, 2.45) is 0 Å². The summed E-state index contributed by atoms with van der Waals surface area (Å²) in [5.41, 5.74) is 0. The Kier molecular flexibility index (Phi) is 4.66. The smallest absolute Gasteiger partial charge is 0.226 e. The lowest BCUT2D eigenvalue weighted by atomic mass is 10.5. The van der Waals surface area contributed by atoms with Crippen molar-refractivity contribution in [2.45, 2.75) is 33.4 Å². The van der Waals surface area contributed by atoms with Crippen molar-refractivity contribution >= 4 is 5.95 Å².